The van der Waals surface area contributed by atoms with Crippen LogP contribution in [0.1, 0.15) is 32.6 Å². The molecule has 1 aliphatic carbocycles. The lowest BCUT2D eigenvalue weighted by Gasteiger charge is -2.28. The first-order chi connectivity index (χ1) is 8.58. The van der Waals surface area contributed by atoms with E-state index >= 15 is 0 Å². The first-order valence-electron chi connectivity index (χ1n) is 6.33. The van der Waals surface area contributed by atoms with Crippen molar-refractivity contribution in [2.75, 3.05) is 11.9 Å². The molecule has 1 fully saturated rings. The van der Waals surface area contributed by atoms with Gasteiger partial charge in [0.05, 0.1) is 0 Å². The second-order valence-electron chi connectivity index (χ2n) is 4.99. The van der Waals surface area contributed by atoms with Crippen LogP contribution in [-0.2, 0) is 0 Å². The molecule has 0 aromatic carbocycles. The van der Waals surface area contributed by atoms with Crippen molar-refractivity contribution in [3.8, 4) is 0 Å². The summed E-state index contributed by atoms with van der Waals surface area (Å²) >= 11 is 0. The fourth-order valence-corrected chi connectivity index (χ4v) is 2.49. The summed E-state index contributed by atoms with van der Waals surface area (Å²) in [5.74, 6) is -2.57. The maximum absolute atomic E-state index is 13.4. The van der Waals surface area contributed by atoms with E-state index in [1.807, 2.05) is 0 Å². The Morgan fingerprint density at radius 2 is 1.94 bits per heavy atom. The highest BCUT2D eigenvalue weighted by molar-refractivity contribution is 5.36. The molecule has 1 aromatic heterocycles. The lowest BCUT2D eigenvalue weighted by atomic mass is 9.80. The van der Waals surface area contributed by atoms with E-state index < -0.39 is 17.6 Å². The summed E-state index contributed by atoms with van der Waals surface area (Å²) < 4.78 is 39.0. The average Bonchev–Trinajstić information content (AvgIpc) is 2.34. The number of hydrogen-bond donors (Lipinski definition) is 1. The summed E-state index contributed by atoms with van der Waals surface area (Å²) in [6.07, 6.45) is 4.65. The highest BCUT2D eigenvalue weighted by Crippen LogP contribution is 2.29. The van der Waals surface area contributed by atoms with Crippen LogP contribution in [0.3, 0.4) is 0 Å². The number of rotatable bonds is 3. The minimum Gasteiger partial charge on any atom is -0.367 e. The number of nitrogens with one attached hydrogen (secondary N) is 1. The Morgan fingerprint density at radius 3 is 2.67 bits per heavy atom. The molecule has 1 heterocycles. The molecule has 5 heteroatoms. The molecule has 0 saturated heterocycles. The third-order valence-corrected chi connectivity index (χ3v) is 3.71. The monoisotopic (exact) mass is 258 g/mol. The first kappa shape index (κ1) is 13.2. The fraction of sp³-hybridized carbons (Fsp3) is 0.615. The van der Waals surface area contributed by atoms with Gasteiger partial charge in [-0.3, -0.25) is 0 Å². The van der Waals surface area contributed by atoms with E-state index in [4.69, 9.17) is 0 Å². The van der Waals surface area contributed by atoms with Gasteiger partial charge in [0.2, 0.25) is 0 Å². The topological polar surface area (TPSA) is 24.9 Å². The molecule has 2 rings (SSSR count). The van der Waals surface area contributed by atoms with Crippen molar-refractivity contribution in [1.29, 1.82) is 0 Å². The molecule has 2 unspecified atom stereocenters. The van der Waals surface area contributed by atoms with Gasteiger partial charge < -0.3 is 5.32 Å². The zero-order valence-corrected chi connectivity index (χ0v) is 10.3. The van der Waals surface area contributed by atoms with Crippen LogP contribution in [0.2, 0.25) is 0 Å². The van der Waals surface area contributed by atoms with Crippen LogP contribution in [0.4, 0.5) is 19.0 Å². The number of anilines is 1. The molecule has 0 amide bonds. The fourth-order valence-electron chi connectivity index (χ4n) is 2.49. The summed E-state index contributed by atoms with van der Waals surface area (Å²) in [7, 11) is 0. The highest BCUT2D eigenvalue weighted by Gasteiger charge is 2.21. The summed E-state index contributed by atoms with van der Waals surface area (Å²) in [4.78, 5) is 3.25. The lowest BCUT2D eigenvalue weighted by molar-refractivity contribution is 0.268. The standard InChI is InChI=1S/C13H17F3N2/c1-8-4-2-3-5-9(8)7-17-13-11(15)6-10(14)12(16)18-13/h6,8-9H,2-5,7H2,1H3,(H,17,18). The molecule has 2 nitrogen and oxygen atoms in total. The third-order valence-electron chi connectivity index (χ3n) is 3.71. The number of hydrogen-bond acceptors (Lipinski definition) is 2. The van der Waals surface area contributed by atoms with Crippen LogP contribution in [0.15, 0.2) is 6.07 Å². The molecule has 1 saturated carbocycles. The average molecular weight is 258 g/mol. The van der Waals surface area contributed by atoms with Gasteiger partial charge in [0.25, 0.3) is 5.95 Å². The molecule has 0 spiro atoms. The lowest BCUT2D eigenvalue weighted by Crippen LogP contribution is -2.25. The van der Waals surface area contributed by atoms with Crippen LogP contribution in [0.25, 0.3) is 0 Å². The number of nitrogens with zero attached hydrogens (tertiary/aromatic N) is 1. The van der Waals surface area contributed by atoms with Gasteiger partial charge in [-0.2, -0.15) is 9.37 Å². The molecule has 1 aliphatic rings. The van der Waals surface area contributed by atoms with Crippen LogP contribution in [-0.4, -0.2) is 11.5 Å². The van der Waals surface area contributed by atoms with Crippen molar-refractivity contribution >= 4 is 5.82 Å². The van der Waals surface area contributed by atoms with Crippen molar-refractivity contribution in [2.45, 2.75) is 32.6 Å². The van der Waals surface area contributed by atoms with Gasteiger partial charge in [0.1, 0.15) is 0 Å². The summed E-state index contributed by atoms with van der Waals surface area (Å²) in [6.45, 7) is 2.72. The molecule has 0 bridgehead atoms. The largest absolute Gasteiger partial charge is 0.367 e. The SMILES string of the molecule is CC1CCCCC1CNc1nc(F)c(F)cc1F. The second kappa shape index (κ2) is 5.59. The predicted molar refractivity (Wildman–Crippen MR) is 63.7 cm³/mol. The van der Waals surface area contributed by atoms with Crippen LogP contribution in [0, 0.1) is 29.4 Å². The van der Waals surface area contributed by atoms with Gasteiger partial charge >= 0.3 is 0 Å². The zero-order valence-electron chi connectivity index (χ0n) is 10.3. The number of aromatic nitrogens is 1. The van der Waals surface area contributed by atoms with E-state index in [0.29, 0.717) is 24.4 Å². The molecule has 1 aromatic rings. The minimum atomic E-state index is -1.27. The van der Waals surface area contributed by atoms with Crippen LogP contribution < -0.4 is 5.32 Å². The Balaban J connectivity index is 1.99. The van der Waals surface area contributed by atoms with Crippen molar-refractivity contribution in [1.82, 2.24) is 4.98 Å². The van der Waals surface area contributed by atoms with Crippen LogP contribution >= 0.6 is 0 Å². The minimum absolute atomic E-state index is 0.202. The molecule has 0 aliphatic heterocycles. The maximum atomic E-state index is 13.4. The quantitative estimate of drug-likeness (QED) is 0.835. The Bertz CT molecular complexity index is 423. The predicted octanol–water partition coefficient (Wildman–Crippen LogP) is 3.74. The normalized spacial score (nSPS) is 24.0. The van der Waals surface area contributed by atoms with Crippen molar-refractivity contribution in [3.63, 3.8) is 0 Å². The molecule has 2 atom stereocenters. The van der Waals surface area contributed by atoms with Gasteiger partial charge in [-0.1, -0.05) is 26.2 Å². The van der Waals surface area contributed by atoms with Gasteiger partial charge in [0.15, 0.2) is 17.5 Å². The van der Waals surface area contributed by atoms with Gasteiger partial charge in [-0.05, 0) is 18.3 Å². The second-order valence-corrected chi connectivity index (χ2v) is 4.99. The van der Waals surface area contributed by atoms with E-state index in [1.165, 1.54) is 19.3 Å². The summed E-state index contributed by atoms with van der Waals surface area (Å²) in [6, 6.07) is 0.523. The van der Waals surface area contributed by atoms with Gasteiger partial charge in [-0.15, -0.1) is 0 Å². The molecular weight excluding hydrogens is 241 g/mol. The number of pyridine rings is 1. The van der Waals surface area contributed by atoms with E-state index in [2.05, 4.69) is 17.2 Å². The Hall–Kier alpha value is -1.26. The van der Waals surface area contributed by atoms with Crippen LogP contribution in [0.5, 0.6) is 0 Å². The van der Waals surface area contributed by atoms with E-state index in [-0.39, 0.29) is 5.82 Å². The van der Waals surface area contributed by atoms with E-state index in [0.717, 1.165) is 6.42 Å². The first-order valence-corrected chi connectivity index (χ1v) is 6.33. The maximum Gasteiger partial charge on any atom is 0.251 e. The molecule has 0 radical (unpaired) electrons. The smallest absolute Gasteiger partial charge is 0.251 e. The van der Waals surface area contributed by atoms with E-state index in [1.54, 1.807) is 0 Å². The zero-order chi connectivity index (χ0) is 13.1. The Labute approximate surface area is 105 Å². The van der Waals surface area contributed by atoms with Crippen molar-refractivity contribution in [3.05, 3.63) is 23.6 Å². The summed E-state index contributed by atoms with van der Waals surface area (Å²) in [5.41, 5.74) is 0. The number of halogens is 3. The third kappa shape index (κ3) is 2.94. The molecule has 18 heavy (non-hydrogen) atoms. The Morgan fingerprint density at radius 1 is 1.22 bits per heavy atom. The Kier molecular flexibility index (Phi) is 4.09. The van der Waals surface area contributed by atoms with Crippen molar-refractivity contribution < 1.29 is 13.2 Å². The van der Waals surface area contributed by atoms with Crippen molar-refractivity contribution in [2.24, 2.45) is 11.8 Å². The summed E-state index contributed by atoms with van der Waals surface area (Å²) in [5, 5.41) is 2.79. The van der Waals surface area contributed by atoms with Gasteiger partial charge in [0, 0.05) is 12.6 Å². The van der Waals surface area contributed by atoms with E-state index in [9.17, 15) is 13.2 Å². The molecular formula is C13H17F3N2. The highest BCUT2D eigenvalue weighted by atomic mass is 19.2. The van der Waals surface area contributed by atoms with Gasteiger partial charge in [-0.25, -0.2) is 8.78 Å². The molecule has 1 N–H and O–H groups in total. The molecule has 100 valence electrons.